The van der Waals surface area contributed by atoms with Gasteiger partial charge in [-0.25, -0.2) is 0 Å². The summed E-state index contributed by atoms with van der Waals surface area (Å²) in [5.74, 6) is 0. The van der Waals surface area contributed by atoms with E-state index in [0.717, 1.165) is 17.1 Å². The number of aromatic nitrogens is 1. The third kappa shape index (κ3) is 5.48. The van der Waals surface area contributed by atoms with Crippen molar-refractivity contribution < 1.29 is 0 Å². The van der Waals surface area contributed by atoms with Crippen molar-refractivity contribution in [3.05, 3.63) is 243 Å². The minimum atomic E-state index is 0.104. The third-order valence-corrected chi connectivity index (χ3v) is 15.0. The fourth-order valence-corrected chi connectivity index (χ4v) is 12.4. The molecule has 0 saturated heterocycles. The summed E-state index contributed by atoms with van der Waals surface area (Å²) in [6.45, 7) is 0.503. The summed E-state index contributed by atoms with van der Waals surface area (Å²) in [5.41, 5.74) is 24.1. The van der Waals surface area contributed by atoms with Crippen LogP contribution in [-0.2, 0) is 0 Å². The summed E-state index contributed by atoms with van der Waals surface area (Å²) in [4.78, 5) is 2.35. The second kappa shape index (κ2) is 14.8. The fraction of sp³-hybridized carbons (Fsp3) is 0. The van der Waals surface area contributed by atoms with Gasteiger partial charge in [0.05, 0.1) is 11.0 Å². The highest BCUT2D eigenvalue weighted by Gasteiger charge is 2.49. The molecule has 0 N–H and O–H groups in total. The lowest BCUT2D eigenvalue weighted by Crippen LogP contribution is -2.89. The van der Waals surface area contributed by atoms with E-state index in [1.807, 2.05) is 0 Å². The first-order valence-electron chi connectivity index (χ1n) is 23.3. The van der Waals surface area contributed by atoms with Crippen molar-refractivity contribution in [2.75, 3.05) is 4.90 Å². The zero-order valence-electron chi connectivity index (χ0n) is 36.3. The maximum Gasteiger partial charge on any atom is 0.240 e. The lowest BCUT2D eigenvalue weighted by Gasteiger charge is -2.43. The van der Waals surface area contributed by atoms with Gasteiger partial charge in [0.15, 0.2) is 0 Å². The van der Waals surface area contributed by atoms with Gasteiger partial charge in [-0.3, -0.25) is 0 Å². The molecule has 6 heteroatoms. The number of hydrogen-bond acceptors (Lipinski definition) is 1. The smallest absolute Gasteiger partial charge is 0.240 e. The molecule has 0 atom stereocenters. The van der Waals surface area contributed by atoms with Crippen molar-refractivity contribution in [3.63, 3.8) is 0 Å². The molecule has 1 aromatic heterocycles. The number of fused-ring (bicyclic) bond motifs is 9. The highest BCUT2D eigenvalue weighted by molar-refractivity contribution is 7.21. The summed E-state index contributed by atoms with van der Waals surface area (Å²) >= 11 is 0. The molecular formula is C60H40B4N2. The van der Waals surface area contributed by atoms with Gasteiger partial charge in [-0.2, -0.15) is 0 Å². The van der Waals surface area contributed by atoms with Crippen LogP contribution in [-0.4, -0.2) is 31.4 Å². The van der Waals surface area contributed by atoms with Crippen LogP contribution in [0.3, 0.4) is 0 Å². The highest BCUT2D eigenvalue weighted by Crippen LogP contribution is 2.34. The number of rotatable bonds is 6. The van der Waals surface area contributed by atoms with Crippen LogP contribution in [0.1, 0.15) is 0 Å². The first-order valence-corrected chi connectivity index (χ1v) is 23.3. The summed E-state index contributed by atoms with van der Waals surface area (Å²) in [5, 5.41) is 2.57. The third-order valence-electron chi connectivity index (χ3n) is 15.0. The molecule has 11 aromatic rings. The standard InChI is InChI=1S/C60H40B4N2/c1-3-17-43(18-4-1)65(44-19-5-2-6-20-44)45-37-33-41(34-38-45)61-49-23-9-11-25-51(49)63-56-30-16-28-54-60(56)64(55-29-15-27-53(61)59(55)63)52-26-12-10-24-50(52)62(54)42-35-39-46(40-36-42)66-57-31-13-7-21-47(57)48-22-8-14-32-58(48)66/h1-40H. The summed E-state index contributed by atoms with van der Waals surface area (Å²) in [7, 11) is 0. The van der Waals surface area contributed by atoms with E-state index in [-0.39, 0.29) is 26.9 Å². The maximum absolute atomic E-state index is 2.44. The van der Waals surface area contributed by atoms with Crippen LogP contribution in [0.25, 0.3) is 27.5 Å². The quantitative estimate of drug-likeness (QED) is 0.208. The Morgan fingerprint density at radius 1 is 0.258 bits per heavy atom. The van der Waals surface area contributed by atoms with Crippen molar-refractivity contribution >= 4 is 131 Å². The van der Waals surface area contributed by atoms with E-state index in [1.165, 1.54) is 93.0 Å². The predicted octanol–water partition coefficient (Wildman–Crippen LogP) is 5.26. The number of hydrogen-bond donors (Lipinski definition) is 0. The van der Waals surface area contributed by atoms with Gasteiger partial charge in [-0.15, -0.1) is 0 Å². The molecule has 0 amide bonds. The average molecular weight is 832 g/mol. The van der Waals surface area contributed by atoms with Crippen molar-refractivity contribution in [2.45, 2.75) is 0 Å². The minimum absolute atomic E-state index is 0.104. The van der Waals surface area contributed by atoms with Gasteiger partial charge in [0.25, 0.3) is 0 Å². The van der Waals surface area contributed by atoms with Crippen molar-refractivity contribution in [2.24, 2.45) is 0 Å². The van der Waals surface area contributed by atoms with E-state index in [1.54, 1.807) is 0 Å². The monoisotopic (exact) mass is 832 g/mol. The molecule has 0 bridgehead atoms. The molecule has 2 nitrogen and oxygen atoms in total. The Morgan fingerprint density at radius 3 is 1.05 bits per heavy atom. The van der Waals surface area contributed by atoms with Crippen molar-refractivity contribution in [3.8, 4) is 5.69 Å². The molecule has 0 saturated carbocycles. The predicted molar refractivity (Wildman–Crippen MR) is 286 cm³/mol. The number of para-hydroxylation sites is 4. The number of benzene rings is 10. The van der Waals surface area contributed by atoms with Gasteiger partial charge >= 0.3 is 0 Å². The SMILES string of the molecule is c1ccc(N(c2ccccc2)c2ccc(B3c4ccccc4B4c5cccc6c5B(c5ccccc5B6c5ccc(-n6c7ccccc7c7ccccc76)cc5)c5cccc3c54)cc2)cc1. The van der Waals surface area contributed by atoms with Crippen LogP contribution < -0.4 is 70.5 Å². The fourth-order valence-electron chi connectivity index (χ4n) is 12.4. The zero-order valence-corrected chi connectivity index (χ0v) is 36.3. The Labute approximate surface area is 387 Å². The summed E-state index contributed by atoms with van der Waals surface area (Å²) in [6, 6.07) is 90.8. The van der Waals surface area contributed by atoms with Gasteiger partial charge in [-0.1, -0.05) is 248 Å². The summed E-state index contributed by atoms with van der Waals surface area (Å²) in [6.07, 6.45) is 0. The molecule has 0 radical (unpaired) electrons. The summed E-state index contributed by atoms with van der Waals surface area (Å²) < 4.78 is 2.42. The van der Waals surface area contributed by atoms with Crippen molar-refractivity contribution in [1.29, 1.82) is 0 Å². The van der Waals surface area contributed by atoms with E-state index in [4.69, 9.17) is 0 Å². The second-order valence-electron chi connectivity index (χ2n) is 18.2. The van der Waals surface area contributed by atoms with E-state index in [2.05, 4.69) is 252 Å². The molecule has 0 unspecified atom stereocenters. The van der Waals surface area contributed by atoms with Gasteiger partial charge in [-0.05, 0) is 60.7 Å². The molecular weight excluding hydrogens is 792 g/mol. The first-order chi connectivity index (χ1) is 32.8. The molecule has 3 aliphatic heterocycles. The number of nitrogens with zero attached hydrogens (tertiary/aromatic N) is 2. The van der Waals surface area contributed by atoms with E-state index in [9.17, 15) is 0 Å². The maximum atomic E-state index is 2.44. The first kappa shape index (κ1) is 37.4. The van der Waals surface area contributed by atoms with E-state index in [0.29, 0.717) is 0 Å². The van der Waals surface area contributed by atoms with Gasteiger partial charge in [0.2, 0.25) is 26.9 Å². The van der Waals surface area contributed by atoms with Crippen LogP contribution in [0, 0.1) is 0 Å². The minimum Gasteiger partial charge on any atom is -0.311 e. The van der Waals surface area contributed by atoms with E-state index >= 15 is 0 Å². The topological polar surface area (TPSA) is 8.17 Å². The normalized spacial score (nSPS) is 13.0. The molecule has 0 spiro atoms. The molecule has 10 aromatic carbocycles. The molecule has 14 rings (SSSR count). The Bertz CT molecular complexity index is 3590. The van der Waals surface area contributed by atoms with Crippen LogP contribution in [0.2, 0.25) is 0 Å². The molecule has 4 heterocycles. The average Bonchev–Trinajstić information content (AvgIpc) is 3.72. The van der Waals surface area contributed by atoms with Gasteiger partial charge in [0, 0.05) is 33.5 Å². The number of anilines is 3. The van der Waals surface area contributed by atoms with Crippen LogP contribution in [0.4, 0.5) is 17.1 Å². The van der Waals surface area contributed by atoms with Crippen LogP contribution in [0.5, 0.6) is 0 Å². The largest absolute Gasteiger partial charge is 0.311 e. The van der Waals surface area contributed by atoms with Crippen LogP contribution in [0.15, 0.2) is 243 Å². The molecule has 0 aliphatic carbocycles. The van der Waals surface area contributed by atoms with E-state index < -0.39 is 0 Å². The molecule has 302 valence electrons. The second-order valence-corrected chi connectivity index (χ2v) is 18.2. The molecule has 66 heavy (non-hydrogen) atoms. The Morgan fingerprint density at radius 2 is 0.591 bits per heavy atom. The Hall–Kier alpha value is -7.94. The van der Waals surface area contributed by atoms with Gasteiger partial charge < -0.3 is 9.47 Å². The van der Waals surface area contributed by atoms with Gasteiger partial charge in [0.1, 0.15) is 0 Å². The molecule has 0 fully saturated rings. The Kier molecular flexibility index (Phi) is 8.40. The van der Waals surface area contributed by atoms with Crippen molar-refractivity contribution in [1.82, 2.24) is 4.57 Å². The zero-order chi connectivity index (χ0) is 43.3. The molecule has 3 aliphatic rings. The lowest BCUT2D eigenvalue weighted by atomic mass is 9.11. The Balaban J connectivity index is 0.904. The van der Waals surface area contributed by atoms with Crippen LogP contribution >= 0.6 is 0 Å². The highest BCUT2D eigenvalue weighted by atomic mass is 15.1. The lowest BCUT2D eigenvalue weighted by molar-refractivity contribution is 1.18.